The average molecular weight is 330 g/mol. The molecule has 0 spiro atoms. The van der Waals surface area contributed by atoms with Gasteiger partial charge in [-0.05, 0) is 18.4 Å². The van der Waals surface area contributed by atoms with E-state index in [4.69, 9.17) is 9.84 Å². The van der Waals surface area contributed by atoms with Crippen molar-refractivity contribution >= 4 is 23.4 Å². The predicted molar refractivity (Wildman–Crippen MR) is 85.3 cm³/mol. The molecule has 7 heteroatoms. The van der Waals surface area contributed by atoms with Gasteiger partial charge in [-0.1, -0.05) is 47.6 Å². The van der Waals surface area contributed by atoms with Crippen LogP contribution in [-0.2, 0) is 11.3 Å². The lowest BCUT2D eigenvalue weighted by atomic mass is 10.2. The summed E-state index contributed by atoms with van der Waals surface area (Å²) in [5.41, 5.74) is 1.33. The van der Waals surface area contributed by atoms with E-state index in [-0.39, 0.29) is 18.0 Å². The van der Waals surface area contributed by atoms with Crippen LogP contribution in [0.5, 0.6) is 0 Å². The molecule has 6 nitrogen and oxygen atoms in total. The summed E-state index contributed by atoms with van der Waals surface area (Å²) in [6, 6.07) is 9.33. The van der Waals surface area contributed by atoms with Gasteiger partial charge in [0.1, 0.15) is 11.5 Å². The first kappa shape index (κ1) is 16.5. The van der Waals surface area contributed by atoms with Crippen LogP contribution in [0.15, 0.2) is 30.3 Å². The highest BCUT2D eigenvalue weighted by Gasteiger charge is 2.12. The third-order valence-electron chi connectivity index (χ3n) is 2.72. The maximum atomic E-state index is 11.5. The van der Waals surface area contributed by atoms with E-state index in [1.165, 1.54) is 0 Å². The third kappa shape index (κ3) is 5.13. The number of carboxylic acid groups (broad SMARTS) is 1. The highest BCUT2D eigenvalue weighted by molar-refractivity contribution is 7.14. The van der Waals surface area contributed by atoms with Crippen LogP contribution in [0, 0.1) is 18.8 Å². The van der Waals surface area contributed by atoms with Gasteiger partial charge in [0.25, 0.3) is 0 Å². The Bertz CT molecular complexity index is 759. The van der Waals surface area contributed by atoms with Gasteiger partial charge in [0, 0.05) is 0 Å². The summed E-state index contributed by atoms with van der Waals surface area (Å²) in [4.78, 5) is 26.6. The molecule has 0 bridgehead atoms. The van der Waals surface area contributed by atoms with Gasteiger partial charge >= 0.3 is 12.1 Å². The molecule has 1 heterocycles. The smallest absolute Gasteiger partial charge is 0.408 e. The van der Waals surface area contributed by atoms with Crippen LogP contribution >= 0.6 is 11.3 Å². The second-order valence-electron chi connectivity index (χ2n) is 4.46. The first-order chi connectivity index (χ1) is 11.1. The van der Waals surface area contributed by atoms with Gasteiger partial charge < -0.3 is 15.2 Å². The molecule has 0 atom stereocenters. The number of hydrogen-bond donors (Lipinski definition) is 2. The first-order valence-electron chi connectivity index (χ1n) is 6.70. The van der Waals surface area contributed by atoms with E-state index >= 15 is 0 Å². The average Bonchev–Trinajstić information content (AvgIpc) is 2.92. The van der Waals surface area contributed by atoms with E-state index in [1.54, 1.807) is 6.92 Å². The molecule has 0 aliphatic heterocycles. The quantitative estimate of drug-likeness (QED) is 0.841. The van der Waals surface area contributed by atoms with E-state index in [0.29, 0.717) is 10.7 Å². The number of aromatic carboxylic acids is 1. The first-order valence-corrected chi connectivity index (χ1v) is 7.52. The molecule has 0 saturated heterocycles. The summed E-state index contributed by atoms with van der Waals surface area (Å²) >= 11 is 1.01. The lowest BCUT2D eigenvalue weighted by Gasteiger charge is -2.04. The molecule has 1 amide bonds. The zero-order valence-corrected chi connectivity index (χ0v) is 13.1. The summed E-state index contributed by atoms with van der Waals surface area (Å²) in [5, 5.41) is 11.8. The number of nitrogens with one attached hydrogen (secondary N) is 1. The number of carbonyl (C=O) groups is 2. The van der Waals surface area contributed by atoms with Gasteiger partial charge in [-0.25, -0.2) is 14.6 Å². The van der Waals surface area contributed by atoms with Crippen molar-refractivity contribution in [3.8, 4) is 11.8 Å². The molecule has 0 fully saturated rings. The lowest BCUT2D eigenvalue weighted by molar-refractivity contribution is 0.0701. The minimum atomic E-state index is -1.02. The van der Waals surface area contributed by atoms with E-state index in [1.807, 2.05) is 30.3 Å². The third-order valence-corrected chi connectivity index (χ3v) is 3.78. The minimum Gasteiger partial charge on any atom is -0.477 e. The summed E-state index contributed by atoms with van der Waals surface area (Å²) in [6.07, 6.45) is -0.565. The molecule has 0 aliphatic rings. The lowest BCUT2D eigenvalue weighted by Crippen LogP contribution is -2.24. The summed E-state index contributed by atoms with van der Waals surface area (Å²) in [7, 11) is 0. The number of benzene rings is 1. The minimum absolute atomic E-state index is 0.0919. The van der Waals surface area contributed by atoms with Crippen LogP contribution in [0.3, 0.4) is 0 Å². The second kappa shape index (κ2) is 7.96. The number of thiazole rings is 1. The van der Waals surface area contributed by atoms with Crippen LogP contribution in [0.1, 0.15) is 25.9 Å². The van der Waals surface area contributed by atoms with Crippen LogP contribution in [-0.4, -0.2) is 28.7 Å². The van der Waals surface area contributed by atoms with Crippen molar-refractivity contribution < 1.29 is 19.4 Å². The molecule has 2 rings (SSSR count). The zero-order valence-electron chi connectivity index (χ0n) is 12.3. The summed E-state index contributed by atoms with van der Waals surface area (Å²) < 4.78 is 5.03. The number of carboxylic acids is 1. The van der Waals surface area contributed by atoms with Crippen molar-refractivity contribution in [3.05, 3.63) is 51.5 Å². The zero-order chi connectivity index (χ0) is 16.7. The molecule has 1 aromatic carbocycles. The number of carbonyl (C=O) groups excluding carboxylic acids is 1. The van der Waals surface area contributed by atoms with Crippen molar-refractivity contribution in [1.29, 1.82) is 0 Å². The van der Waals surface area contributed by atoms with E-state index < -0.39 is 12.1 Å². The fraction of sp³-hybridized carbons (Fsp3) is 0.188. The van der Waals surface area contributed by atoms with Crippen LogP contribution in [0.2, 0.25) is 0 Å². The number of ether oxygens (including phenoxy) is 1. The van der Waals surface area contributed by atoms with Crippen molar-refractivity contribution in [1.82, 2.24) is 10.3 Å². The van der Waals surface area contributed by atoms with Crippen LogP contribution in [0.4, 0.5) is 4.79 Å². The Morgan fingerprint density at radius 1 is 1.35 bits per heavy atom. The second-order valence-corrected chi connectivity index (χ2v) is 5.45. The number of alkyl carbamates (subject to hydrolysis) is 1. The fourth-order valence-corrected chi connectivity index (χ4v) is 2.44. The standard InChI is InChI=1S/C16H14N2O4S/c1-11-14(15(19)20)23-13(18-11)8-5-9-17-16(21)22-10-12-6-3-2-4-7-12/h2-4,6-7H,9-10H2,1H3,(H,17,21)(H,19,20). The highest BCUT2D eigenvalue weighted by atomic mass is 32.1. The number of rotatable bonds is 4. The fourth-order valence-electron chi connectivity index (χ4n) is 1.66. The Balaban J connectivity index is 1.78. The molecule has 23 heavy (non-hydrogen) atoms. The van der Waals surface area contributed by atoms with E-state index in [0.717, 1.165) is 16.9 Å². The molecule has 0 unspecified atom stereocenters. The number of aryl methyl sites for hydroxylation is 1. The van der Waals surface area contributed by atoms with Crippen molar-refractivity contribution in [2.45, 2.75) is 13.5 Å². The van der Waals surface area contributed by atoms with Crippen molar-refractivity contribution in [2.24, 2.45) is 0 Å². The van der Waals surface area contributed by atoms with Crippen LogP contribution < -0.4 is 5.32 Å². The monoisotopic (exact) mass is 330 g/mol. The van der Waals surface area contributed by atoms with Gasteiger partial charge in [0.05, 0.1) is 12.2 Å². The Labute approximate surface area is 137 Å². The molecule has 0 radical (unpaired) electrons. The summed E-state index contributed by atoms with van der Waals surface area (Å²) in [6.45, 7) is 1.90. The maximum absolute atomic E-state index is 11.5. The van der Waals surface area contributed by atoms with Gasteiger partial charge in [-0.15, -0.1) is 0 Å². The van der Waals surface area contributed by atoms with Gasteiger partial charge in [0.15, 0.2) is 5.01 Å². The predicted octanol–water partition coefficient (Wildman–Crippen LogP) is 2.43. The number of amides is 1. The maximum Gasteiger partial charge on any atom is 0.408 e. The Hall–Kier alpha value is -2.85. The van der Waals surface area contributed by atoms with Crippen molar-refractivity contribution in [2.75, 3.05) is 6.54 Å². The molecule has 0 saturated carbocycles. The molecule has 0 aliphatic carbocycles. The number of hydrogen-bond acceptors (Lipinski definition) is 5. The highest BCUT2D eigenvalue weighted by Crippen LogP contribution is 2.16. The van der Waals surface area contributed by atoms with Gasteiger partial charge in [-0.2, -0.15) is 0 Å². The Kier molecular flexibility index (Phi) is 5.72. The van der Waals surface area contributed by atoms with Gasteiger partial charge in [-0.3, -0.25) is 0 Å². The summed E-state index contributed by atoms with van der Waals surface area (Å²) in [5.74, 6) is 4.40. The van der Waals surface area contributed by atoms with Crippen molar-refractivity contribution in [3.63, 3.8) is 0 Å². The molecule has 2 N–H and O–H groups in total. The molecular formula is C16H14N2O4S. The SMILES string of the molecule is Cc1nc(C#CCNC(=O)OCc2ccccc2)sc1C(=O)O. The Morgan fingerprint density at radius 2 is 2.09 bits per heavy atom. The molecule has 2 aromatic rings. The molecule has 118 valence electrons. The normalized spacial score (nSPS) is 9.61. The van der Waals surface area contributed by atoms with E-state index in [2.05, 4.69) is 22.1 Å². The molecular weight excluding hydrogens is 316 g/mol. The number of aromatic nitrogens is 1. The van der Waals surface area contributed by atoms with E-state index in [9.17, 15) is 9.59 Å². The largest absolute Gasteiger partial charge is 0.477 e. The Morgan fingerprint density at radius 3 is 2.74 bits per heavy atom. The molecule has 1 aromatic heterocycles. The van der Waals surface area contributed by atoms with Gasteiger partial charge in [0.2, 0.25) is 0 Å². The number of nitrogens with zero attached hydrogens (tertiary/aromatic N) is 1. The topological polar surface area (TPSA) is 88.5 Å². The van der Waals surface area contributed by atoms with Crippen LogP contribution in [0.25, 0.3) is 0 Å².